The number of carbonyl (C=O) groups is 1. The Hall–Kier alpha value is -1.95. The molecule has 20 heavy (non-hydrogen) atoms. The molecule has 0 aromatic heterocycles. The number of hydrogen-bond donors (Lipinski definition) is 2. The summed E-state index contributed by atoms with van der Waals surface area (Å²) in [5.41, 5.74) is 5.69. The molecule has 0 spiro atoms. The summed E-state index contributed by atoms with van der Waals surface area (Å²) >= 11 is 0. The number of nitrogens with two attached hydrogens (primary N) is 1. The molecule has 0 unspecified atom stereocenters. The van der Waals surface area contributed by atoms with E-state index in [-0.39, 0.29) is 19.1 Å². The molecule has 1 atom stereocenters. The van der Waals surface area contributed by atoms with Gasteiger partial charge < -0.3 is 15.8 Å². The van der Waals surface area contributed by atoms with E-state index < -0.39 is 11.4 Å². The normalized spacial score (nSPS) is 22.2. The van der Waals surface area contributed by atoms with Crippen LogP contribution < -0.4 is 11.1 Å². The predicted molar refractivity (Wildman–Crippen MR) is 75.1 cm³/mol. The molecule has 1 heterocycles. The Balaban J connectivity index is 2.38. The van der Waals surface area contributed by atoms with Crippen LogP contribution in [0.2, 0.25) is 0 Å². The van der Waals surface area contributed by atoms with Crippen LogP contribution in [0.3, 0.4) is 0 Å². The molecule has 0 bridgehead atoms. The highest BCUT2D eigenvalue weighted by Gasteiger charge is 2.32. The number of nitrogens with zero attached hydrogens (tertiary/aromatic N) is 1. The van der Waals surface area contributed by atoms with Crippen LogP contribution in [-0.2, 0) is 15.1 Å². The van der Waals surface area contributed by atoms with E-state index in [9.17, 15) is 9.18 Å². The van der Waals surface area contributed by atoms with Gasteiger partial charge in [-0.05, 0) is 25.1 Å². The van der Waals surface area contributed by atoms with Gasteiger partial charge in [-0.15, -0.1) is 0 Å². The Kier molecular flexibility index (Phi) is 4.04. The minimum absolute atomic E-state index is 0.129. The van der Waals surface area contributed by atoms with Gasteiger partial charge in [0.1, 0.15) is 23.8 Å². The fourth-order valence-corrected chi connectivity index (χ4v) is 2.14. The van der Waals surface area contributed by atoms with E-state index in [1.807, 2.05) is 0 Å². The van der Waals surface area contributed by atoms with Crippen molar-refractivity contribution in [1.29, 1.82) is 0 Å². The first-order chi connectivity index (χ1) is 9.44. The number of nitrogens with one attached hydrogen (secondary N) is 1. The van der Waals surface area contributed by atoms with Crippen LogP contribution >= 0.6 is 0 Å². The Labute approximate surface area is 117 Å². The lowest BCUT2D eigenvalue weighted by Crippen LogP contribution is -2.38. The van der Waals surface area contributed by atoms with Crippen molar-refractivity contribution < 1.29 is 13.9 Å². The molecule has 0 saturated carbocycles. The second-order valence-electron chi connectivity index (χ2n) is 4.97. The lowest BCUT2D eigenvalue weighted by Gasteiger charge is -2.30. The topological polar surface area (TPSA) is 76.7 Å². The first-order valence-corrected chi connectivity index (χ1v) is 6.46. The highest BCUT2D eigenvalue weighted by atomic mass is 19.1. The number of rotatable bonds is 3. The molecule has 1 aliphatic rings. The van der Waals surface area contributed by atoms with Crippen molar-refractivity contribution in [2.24, 2.45) is 10.7 Å². The lowest BCUT2D eigenvalue weighted by atomic mass is 9.92. The SMILES string of the molecule is CCC(=O)Nc1ccc(F)c([C@]2(C)COCC(N)=N2)c1. The average Bonchev–Trinajstić information content (AvgIpc) is 2.40. The van der Waals surface area contributed by atoms with Crippen LogP contribution in [0.1, 0.15) is 25.8 Å². The number of anilines is 1. The maximum atomic E-state index is 14.1. The van der Waals surface area contributed by atoms with E-state index in [2.05, 4.69) is 10.3 Å². The average molecular weight is 279 g/mol. The molecular formula is C14H18FN3O2. The van der Waals surface area contributed by atoms with Crippen molar-refractivity contribution >= 4 is 17.4 Å². The molecule has 2 rings (SSSR count). The molecule has 1 amide bonds. The van der Waals surface area contributed by atoms with Gasteiger partial charge in [0, 0.05) is 17.7 Å². The van der Waals surface area contributed by atoms with E-state index in [0.717, 1.165) is 0 Å². The first kappa shape index (κ1) is 14.5. The van der Waals surface area contributed by atoms with E-state index in [0.29, 0.717) is 23.5 Å². The van der Waals surface area contributed by atoms with Crippen molar-refractivity contribution in [1.82, 2.24) is 0 Å². The van der Waals surface area contributed by atoms with Gasteiger partial charge in [-0.1, -0.05) is 6.92 Å². The summed E-state index contributed by atoms with van der Waals surface area (Å²) in [5, 5.41) is 2.70. The summed E-state index contributed by atoms with van der Waals surface area (Å²) in [7, 11) is 0. The monoisotopic (exact) mass is 279 g/mol. The zero-order valence-corrected chi connectivity index (χ0v) is 11.6. The smallest absolute Gasteiger partial charge is 0.224 e. The first-order valence-electron chi connectivity index (χ1n) is 6.46. The van der Waals surface area contributed by atoms with Gasteiger partial charge in [0.2, 0.25) is 5.91 Å². The third kappa shape index (κ3) is 2.96. The number of amidine groups is 1. The zero-order chi connectivity index (χ0) is 14.8. The Morgan fingerprint density at radius 3 is 3.00 bits per heavy atom. The van der Waals surface area contributed by atoms with Gasteiger partial charge >= 0.3 is 0 Å². The Morgan fingerprint density at radius 2 is 2.35 bits per heavy atom. The van der Waals surface area contributed by atoms with Gasteiger partial charge in [-0.2, -0.15) is 0 Å². The molecule has 5 nitrogen and oxygen atoms in total. The zero-order valence-electron chi connectivity index (χ0n) is 11.6. The summed E-state index contributed by atoms with van der Waals surface area (Å²) in [6.45, 7) is 4.00. The molecule has 108 valence electrons. The van der Waals surface area contributed by atoms with E-state index in [1.165, 1.54) is 12.1 Å². The molecule has 1 aromatic rings. The van der Waals surface area contributed by atoms with Gasteiger partial charge in [0.15, 0.2) is 0 Å². The summed E-state index contributed by atoms with van der Waals surface area (Å²) in [6, 6.07) is 4.41. The fourth-order valence-electron chi connectivity index (χ4n) is 2.14. The second-order valence-corrected chi connectivity index (χ2v) is 4.97. The van der Waals surface area contributed by atoms with Crippen LogP contribution in [0.4, 0.5) is 10.1 Å². The predicted octanol–water partition coefficient (Wildman–Crippen LogP) is 1.78. The van der Waals surface area contributed by atoms with Gasteiger partial charge in [-0.25, -0.2) is 4.39 Å². The molecule has 0 radical (unpaired) electrons. The molecule has 0 fully saturated rings. The van der Waals surface area contributed by atoms with Gasteiger partial charge in [0.25, 0.3) is 0 Å². The summed E-state index contributed by atoms with van der Waals surface area (Å²) in [4.78, 5) is 15.7. The molecule has 1 aromatic carbocycles. The number of halogens is 1. The van der Waals surface area contributed by atoms with Crippen LogP contribution in [0.15, 0.2) is 23.2 Å². The van der Waals surface area contributed by atoms with Crippen molar-refractivity contribution in [3.63, 3.8) is 0 Å². The Bertz CT molecular complexity index is 559. The minimum Gasteiger partial charge on any atom is -0.386 e. The molecular weight excluding hydrogens is 261 g/mol. The highest BCUT2D eigenvalue weighted by Crippen LogP contribution is 2.32. The van der Waals surface area contributed by atoms with Crippen LogP contribution in [0.5, 0.6) is 0 Å². The van der Waals surface area contributed by atoms with Crippen molar-refractivity contribution in [2.45, 2.75) is 25.8 Å². The summed E-state index contributed by atoms with van der Waals surface area (Å²) in [6.07, 6.45) is 0.359. The largest absolute Gasteiger partial charge is 0.386 e. The third-order valence-electron chi connectivity index (χ3n) is 3.17. The van der Waals surface area contributed by atoms with Crippen LogP contribution in [-0.4, -0.2) is 25.0 Å². The number of benzene rings is 1. The van der Waals surface area contributed by atoms with Crippen LogP contribution in [0, 0.1) is 5.82 Å². The minimum atomic E-state index is -0.876. The van der Waals surface area contributed by atoms with Gasteiger partial charge in [-0.3, -0.25) is 9.79 Å². The standard InChI is InChI=1S/C14H18FN3O2/c1-3-13(19)17-9-4-5-11(15)10(6-9)14(2)8-20-7-12(16)18-14/h4-6H,3,7-8H2,1-2H3,(H2,16,18)(H,17,19)/t14-/m0/s1. The molecule has 0 saturated heterocycles. The maximum Gasteiger partial charge on any atom is 0.224 e. The number of carbonyl (C=O) groups excluding carboxylic acids is 1. The van der Waals surface area contributed by atoms with E-state index in [4.69, 9.17) is 10.5 Å². The highest BCUT2D eigenvalue weighted by molar-refractivity contribution is 5.90. The number of ether oxygens (including phenoxy) is 1. The number of aliphatic imine (C=N–C) groups is 1. The molecule has 6 heteroatoms. The summed E-state index contributed by atoms with van der Waals surface area (Å²) < 4.78 is 19.4. The summed E-state index contributed by atoms with van der Waals surface area (Å²) in [5.74, 6) is -0.194. The number of amides is 1. The molecule has 1 aliphatic heterocycles. The Morgan fingerprint density at radius 1 is 1.60 bits per heavy atom. The lowest BCUT2D eigenvalue weighted by molar-refractivity contribution is -0.115. The molecule has 0 aliphatic carbocycles. The third-order valence-corrected chi connectivity index (χ3v) is 3.17. The number of hydrogen-bond acceptors (Lipinski definition) is 4. The van der Waals surface area contributed by atoms with E-state index in [1.54, 1.807) is 19.9 Å². The van der Waals surface area contributed by atoms with Crippen molar-refractivity contribution in [2.75, 3.05) is 18.5 Å². The second kappa shape index (κ2) is 5.58. The fraction of sp³-hybridized carbons (Fsp3) is 0.429. The molecule has 3 N–H and O–H groups in total. The van der Waals surface area contributed by atoms with Gasteiger partial charge in [0.05, 0.1) is 6.61 Å². The van der Waals surface area contributed by atoms with Crippen molar-refractivity contribution in [3.8, 4) is 0 Å². The van der Waals surface area contributed by atoms with Crippen molar-refractivity contribution in [3.05, 3.63) is 29.6 Å². The van der Waals surface area contributed by atoms with Crippen LogP contribution in [0.25, 0.3) is 0 Å². The maximum absolute atomic E-state index is 14.1. The quantitative estimate of drug-likeness (QED) is 0.885. The van der Waals surface area contributed by atoms with E-state index >= 15 is 0 Å².